The molecule has 5 nitrogen and oxygen atoms in total. The van der Waals surface area contributed by atoms with Crippen molar-refractivity contribution < 1.29 is 14.3 Å². The van der Waals surface area contributed by atoms with Crippen LogP contribution >= 0.6 is 23.6 Å². The lowest BCUT2D eigenvalue weighted by molar-refractivity contribution is -0.120. The average Bonchev–Trinajstić information content (AvgIpc) is 3.13. The van der Waals surface area contributed by atoms with E-state index in [1.54, 1.807) is 18.2 Å². The van der Waals surface area contributed by atoms with Gasteiger partial charge in [-0.2, -0.15) is 0 Å². The summed E-state index contributed by atoms with van der Waals surface area (Å²) in [7, 11) is 1.35. The van der Waals surface area contributed by atoms with Crippen molar-refractivity contribution in [2.75, 3.05) is 7.11 Å². The Hall–Kier alpha value is -2.25. The molecule has 2 N–H and O–H groups in total. The Morgan fingerprint density at radius 3 is 2.82 bits per heavy atom. The molecule has 1 aliphatic heterocycles. The topological polar surface area (TPSA) is 67.4 Å². The molecule has 0 saturated carbocycles. The van der Waals surface area contributed by atoms with Crippen LogP contribution in [0.3, 0.4) is 0 Å². The van der Waals surface area contributed by atoms with Crippen LogP contribution in [0.25, 0.3) is 10.4 Å². The van der Waals surface area contributed by atoms with E-state index in [2.05, 4.69) is 10.6 Å². The van der Waals surface area contributed by atoms with Gasteiger partial charge >= 0.3 is 5.97 Å². The first-order chi connectivity index (χ1) is 10.6. The maximum absolute atomic E-state index is 11.8. The summed E-state index contributed by atoms with van der Waals surface area (Å²) in [6, 6.07) is 10.5. The maximum atomic E-state index is 11.8. The SMILES string of the molecule is COC(=O)c1cccc(-c2ccc(C3NC(=S)NC3=O)s2)c1. The number of thiophene rings is 1. The van der Waals surface area contributed by atoms with E-state index in [0.29, 0.717) is 10.7 Å². The van der Waals surface area contributed by atoms with Gasteiger partial charge in [0.1, 0.15) is 6.04 Å². The molecule has 1 atom stereocenters. The van der Waals surface area contributed by atoms with Crippen molar-refractivity contribution >= 4 is 40.5 Å². The molecule has 2 aromatic rings. The molecule has 7 heteroatoms. The molecule has 3 rings (SSSR count). The number of rotatable bonds is 3. The third-order valence-electron chi connectivity index (χ3n) is 3.25. The van der Waals surface area contributed by atoms with E-state index < -0.39 is 6.04 Å². The molecule has 1 aromatic heterocycles. The van der Waals surface area contributed by atoms with Crippen molar-refractivity contribution in [3.63, 3.8) is 0 Å². The second kappa shape index (κ2) is 5.86. The lowest BCUT2D eigenvalue weighted by atomic mass is 10.1. The normalized spacial score (nSPS) is 17.0. The van der Waals surface area contributed by atoms with E-state index in [1.165, 1.54) is 18.4 Å². The fraction of sp³-hybridized carbons (Fsp3) is 0.133. The van der Waals surface area contributed by atoms with Gasteiger partial charge in [0.15, 0.2) is 5.11 Å². The third kappa shape index (κ3) is 2.72. The quantitative estimate of drug-likeness (QED) is 0.666. The minimum atomic E-state index is -0.449. The van der Waals surface area contributed by atoms with Crippen LogP contribution in [0.1, 0.15) is 21.3 Å². The minimum Gasteiger partial charge on any atom is -0.465 e. The molecular weight excluding hydrogens is 320 g/mol. The van der Waals surface area contributed by atoms with Gasteiger partial charge in [0.05, 0.1) is 12.7 Å². The molecule has 112 valence electrons. The van der Waals surface area contributed by atoms with Crippen LogP contribution in [-0.2, 0) is 9.53 Å². The first-order valence-electron chi connectivity index (χ1n) is 6.48. The van der Waals surface area contributed by atoms with Gasteiger partial charge in [0.25, 0.3) is 5.91 Å². The number of thiocarbonyl (C=S) groups is 1. The van der Waals surface area contributed by atoms with Crippen molar-refractivity contribution in [2.45, 2.75) is 6.04 Å². The summed E-state index contributed by atoms with van der Waals surface area (Å²) in [5, 5.41) is 5.85. The largest absolute Gasteiger partial charge is 0.465 e. The van der Waals surface area contributed by atoms with E-state index in [-0.39, 0.29) is 11.9 Å². The molecule has 1 unspecified atom stereocenters. The number of carbonyl (C=O) groups is 2. The summed E-state index contributed by atoms with van der Waals surface area (Å²) >= 11 is 6.42. The first-order valence-corrected chi connectivity index (χ1v) is 7.71. The lowest BCUT2D eigenvalue weighted by Gasteiger charge is -2.04. The van der Waals surface area contributed by atoms with E-state index >= 15 is 0 Å². The first kappa shape index (κ1) is 14.7. The van der Waals surface area contributed by atoms with E-state index in [1.807, 2.05) is 18.2 Å². The third-order valence-corrected chi connectivity index (χ3v) is 4.67. The molecule has 1 amide bonds. The number of nitrogens with one attached hydrogen (secondary N) is 2. The van der Waals surface area contributed by atoms with E-state index in [4.69, 9.17) is 17.0 Å². The maximum Gasteiger partial charge on any atom is 0.337 e. The smallest absolute Gasteiger partial charge is 0.337 e. The van der Waals surface area contributed by atoms with Crippen molar-refractivity contribution in [1.82, 2.24) is 10.6 Å². The lowest BCUT2D eigenvalue weighted by Crippen LogP contribution is -2.21. The van der Waals surface area contributed by atoms with Gasteiger partial charge in [-0.1, -0.05) is 12.1 Å². The molecule has 0 radical (unpaired) electrons. The fourth-order valence-corrected chi connectivity index (χ4v) is 3.47. The Balaban J connectivity index is 1.89. The zero-order chi connectivity index (χ0) is 15.7. The number of hydrogen-bond donors (Lipinski definition) is 2. The van der Waals surface area contributed by atoms with E-state index in [0.717, 1.165) is 15.3 Å². The van der Waals surface area contributed by atoms with Gasteiger partial charge < -0.3 is 15.4 Å². The summed E-state index contributed by atoms with van der Waals surface area (Å²) in [5.74, 6) is -0.525. The summed E-state index contributed by atoms with van der Waals surface area (Å²) in [6.45, 7) is 0. The van der Waals surface area contributed by atoms with Crippen LogP contribution in [0, 0.1) is 0 Å². The van der Waals surface area contributed by atoms with Gasteiger partial charge in [0, 0.05) is 9.75 Å². The molecule has 1 aliphatic rings. The van der Waals surface area contributed by atoms with Crippen LogP contribution in [0.15, 0.2) is 36.4 Å². The number of esters is 1. The van der Waals surface area contributed by atoms with Crippen molar-refractivity contribution in [1.29, 1.82) is 0 Å². The van der Waals surface area contributed by atoms with Gasteiger partial charge in [-0.25, -0.2) is 4.79 Å². The summed E-state index contributed by atoms with van der Waals surface area (Å²) in [4.78, 5) is 25.2. The van der Waals surface area contributed by atoms with Crippen LogP contribution in [-0.4, -0.2) is 24.1 Å². The van der Waals surface area contributed by atoms with Crippen LogP contribution < -0.4 is 10.6 Å². The zero-order valence-corrected chi connectivity index (χ0v) is 13.2. The zero-order valence-electron chi connectivity index (χ0n) is 11.6. The van der Waals surface area contributed by atoms with Crippen LogP contribution in [0.5, 0.6) is 0 Å². The summed E-state index contributed by atoms with van der Waals surface area (Å²) in [5.41, 5.74) is 1.40. The predicted octanol–water partition coefficient (Wildman–Crippen LogP) is 2.25. The second-order valence-electron chi connectivity index (χ2n) is 4.67. The van der Waals surface area contributed by atoms with Crippen molar-refractivity contribution in [3.05, 3.63) is 46.8 Å². The Labute approximate surface area is 136 Å². The Kier molecular flexibility index (Phi) is 3.91. The number of methoxy groups -OCH3 is 1. The highest BCUT2D eigenvalue weighted by Crippen LogP contribution is 2.32. The summed E-state index contributed by atoms with van der Waals surface area (Å²) < 4.78 is 4.73. The van der Waals surface area contributed by atoms with Crippen molar-refractivity contribution in [3.8, 4) is 10.4 Å². The average molecular weight is 332 g/mol. The highest BCUT2D eigenvalue weighted by molar-refractivity contribution is 7.80. The molecule has 0 spiro atoms. The molecule has 2 heterocycles. The van der Waals surface area contributed by atoms with Gasteiger partial charge in [-0.15, -0.1) is 11.3 Å². The highest BCUT2D eigenvalue weighted by Gasteiger charge is 2.29. The summed E-state index contributed by atoms with van der Waals surface area (Å²) in [6.07, 6.45) is 0. The molecule has 0 aliphatic carbocycles. The molecule has 22 heavy (non-hydrogen) atoms. The van der Waals surface area contributed by atoms with Gasteiger partial charge in [-0.3, -0.25) is 4.79 Å². The van der Waals surface area contributed by atoms with Gasteiger partial charge in [-0.05, 0) is 42.0 Å². The fourth-order valence-electron chi connectivity index (χ4n) is 2.20. The Morgan fingerprint density at radius 2 is 2.14 bits per heavy atom. The Morgan fingerprint density at radius 1 is 1.32 bits per heavy atom. The molecule has 1 aromatic carbocycles. The number of amides is 1. The molecule has 1 fully saturated rings. The van der Waals surface area contributed by atoms with Crippen LogP contribution in [0.4, 0.5) is 0 Å². The van der Waals surface area contributed by atoms with E-state index in [9.17, 15) is 9.59 Å². The number of benzene rings is 1. The standard InChI is InChI=1S/C15H12N2O3S2/c1-20-14(19)9-4-2-3-8(7-9)10-5-6-11(22-10)12-13(18)17-15(21)16-12/h2-7,12H,1H3,(H2,16,17,18,21). The predicted molar refractivity (Wildman–Crippen MR) is 87.7 cm³/mol. The Bertz CT molecular complexity index is 770. The van der Waals surface area contributed by atoms with Crippen molar-refractivity contribution in [2.24, 2.45) is 0 Å². The monoisotopic (exact) mass is 332 g/mol. The van der Waals surface area contributed by atoms with Crippen LogP contribution in [0.2, 0.25) is 0 Å². The van der Waals surface area contributed by atoms with Gasteiger partial charge in [0.2, 0.25) is 0 Å². The molecule has 0 bridgehead atoms. The molecule has 1 saturated heterocycles. The number of hydrogen-bond acceptors (Lipinski definition) is 5. The molecular formula is C15H12N2O3S2. The number of ether oxygens (including phenoxy) is 1. The number of carbonyl (C=O) groups excluding carboxylic acids is 2. The highest BCUT2D eigenvalue weighted by atomic mass is 32.1. The minimum absolute atomic E-state index is 0.151. The second-order valence-corrected chi connectivity index (χ2v) is 6.19.